The highest BCUT2D eigenvalue weighted by Gasteiger charge is 2.21. The third-order valence-electron chi connectivity index (χ3n) is 9.94. The Kier molecular flexibility index (Phi) is 7.29. The number of rotatable bonds is 6. The van der Waals surface area contributed by atoms with Crippen LogP contribution in [0, 0.1) is 0 Å². The molecule has 0 bridgehead atoms. The van der Waals surface area contributed by atoms with Gasteiger partial charge in [-0.15, -0.1) is 0 Å². The van der Waals surface area contributed by atoms with E-state index < -0.39 is 0 Å². The van der Waals surface area contributed by atoms with Crippen LogP contribution in [0.25, 0.3) is 100 Å². The Labute approximate surface area is 305 Å². The summed E-state index contributed by atoms with van der Waals surface area (Å²) in [5, 5.41) is 6.32. The largest absolute Gasteiger partial charge is 0.456 e. The highest BCUT2D eigenvalue weighted by atomic mass is 16.3. The van der Waals surface area contributed by atoms with Gasteiger partial charge in [-0.2, -0.15) is 0 Å². The smallest absolute Gasteiger partial charge is 0.164 e. The molecule has 10 rings (SSSR count). The van der Waals surface area contributed by atoms with Gasteiger partial charge in [-0.3, -0.25) is 0 Å². The highest BCUT2D eigenvalue weighted by molar-refractivity contribution is 6.14. The van der Waals surface area contributed by atoms with Gasteiger partial charge in [-0.1, -0.05) is 140 Å². The molecule has 7 aromatic carbocycles. The summed E-state index contributed by atoms with van der Waals surface area (Å²) in [6, 6.07) is 51.7. The molecule has 0 aliphatic carbocycles. The Morgan fingerprint density at radius 2 is 1.09 bits per heavy atom. The number of furan rings is 2. The van der Waals surface area contributed by atoms with Gasteiger partial charge in [0.05, 0.1) is 0 Å². The van der Waals surface area contributed by atoms with Gasteiger partial charge in [0, 0.05) is 38.2 Å². The van der Waals surface area contributed by atoms with Gasteiger partial charge in [-0.05, 0) is 64.7 Å². The summed E-state index contributed by atoms with van der Waals surface area (Å²) < 4.78 is 12.8. The van der Waals surface area contributed by atoms with E-state index >= 15 is 0 Å². The summed E-state index contributed by atoms with van der Waals surface area (Å²) in [6.45, 7) is 2.02. The van der Waals surface area contributed by atoms with Gasteiger partial charge in [-0.25, -0.2) is 15.0 Å². The second-order valence-corrected chi connectivity index (χ2v) is 13.1. The van der Waals surface area contributed by atoms with Crippen LogP contribution in [0.1, 0.15) is 18.3 Å². The number of hydrogen-bond donors (Lipinski definition) is 0. The van der Waals surface area contributed by atoms with Crippen LogP contribution in [0.2, 0.25) is 0 Å². The van der Waals surface area contributed by atoms with E-state index in [-0.39, 0.29) is 0 Å². The highest BCUT2D eigenvalue weighted by Crippen LogP contribution is 2.41. The van der Waals surface area contributed by atoms with Crippen LogP contribution in [0.5, 0.6) is 0 Å². The molecular formula is C48H31N3O2. The van der Waals surface area contributed by atoms with Crippen molar-refractivity contribution in [2.75, 3.05) is 0 Å². The molecule has 5 heteroatoms. The van der Waals surface area contributed by atoms with Gasteiger partial charge in [0.15, 0.2) is 17.5 Å². The van der Waals surface area contributed by atoms with Crippen molar-refractivity contribution in [2.45, 2.75) is 6.92 Å². The van der Waals surface area contributed by atoms with Gasteiger partial charge in [0.2, 0.25) is 0 Å². The van der Waals surface area contributed by atoms with E-state index in [9.17, 15) is 0 Å². The lowest BCUT2D eigenvalue weighted by molar-refractivity contribution is 0.668. The lowest BCUT2D eigenvalue weighted by Crippen LogP contribution is -2.03. The molecule has 5 nitrogen and oxygen atoms in total. The van der Waals surface area contributed by atoms with Gasteiger partial charge < -0.3 is 8.83 Å². The van der Waals surface area contributed by atoms with Gasteiger partial charge >= 0.3 is 0 Å². The van der Waals surface area contributed by atoms with Crippen molar-refractivity contribution in [3.8, 4) is 33.9 Å². The Morgan fingerprint density at radius 1 is 0.491 bits per heavy atom. The molecule has 53 heavy (non-hydrogen) atoms. The number of hydrogen-bond acceptors (Lipinski definition) is 5. The first kappa shape index (κ1) is 30.7. The molecule has 0 radical (unpaired) electrons. The molecule has 0 amide bonds. The summed E-state index contributed by atoms with van der Waals surface area (Å²) in [5.41, 5.74) is 9.01. The predicted molar refractivity (Wildman–Crippen MR) is 217 cm³/mol. The zero-order chi connectivity index (χ0) is 35.3. The molecule has 0 N–H and O–H groups in total. The first-order valence-electron chi connectivity index (χ1n) is 17.7. The molecule has 0 aliphatic heterocycles. The first-order valence-corrected chi connectivity index (χ1v) is 17.7. The van der Waals surface area contributed by atoms with Crippen molar-refractivity contribution in [2.24, 2.45) is 0 Å². The zero-order valence-electron chi connectivity index (χ0n) is 28.8. The molecule has 0 aliphatic rings. The maximum atomic E-state index is 6.50. The Hall–Kier alpha value is -7.11. The maximum absolute atomic E-state index is 6.50. The fourth-order valence-corrected chi connectivity index (χ4v) is 7.41. The summed E-state index contributed by atoms with van der Waals surface area (Å²) in [5.74, 6) is 1.69. The van der Waals surface area contributed by atoms with Crippen LogP contribution in [-0.2, 0) is 0 Å². The molecular weight excluding hydrogens is 651 g/mol. The molecule has 3 aromatic heterocycles. The normalized spacial score (nSPS) is 12.3. The van der Waals surface area contributed by atoms with Crippen molar-refractivity contribution in [1.29, 1.82) is 0 Å². The molecule has 0 saturated heterocycles. The maximum Gasteiger partial charge on any atom is 0.164 e. The molecule has 0 unspecified atom stereocenters. The molecule has 0 spiro atoms. The summed E-state index contributed by atoms with van der Waals surface area (Å²) in [6.07, 6.45) is 6.30. The van der Waals surface area contributed by atoms with Crippen LogP contribution in [0.4, 0.5) is 0 Å². The van der Waals surface area contributed by atoms with Gasteiger partial charge in [0.1, 0.15) is 22.3 Å². The van der Waals surface area contributed by atoms with Crippen LogP contribution in [0.3, 0.4) is 0 Å². The quantitative estimate of drug-likeness (QED) is 0.163. The number of aromatic nitrogens is 3. The van der Waals surface area contributed by atoms with E-state index in [1.54, 1.807) is 0 Å². The van der Waals surface area contributed by atoms with Gasteiger partial charge in [0.25, 0.3) is 0 Å². The van der Waals surface area contributed by atoms with Crippen LogP contribution < -0.4 is 0 Å². The standard InChI is InChI=1S/C48H31N3O2/c1-2-30(26-27-33-18-12-17-32-16-6-7-19-35(32)33)46-49-47(38-22-13-25-42-44(38)36-20-8-10-23-40(36)52-42)51-48(50-46)39-28-34(31-14-4-3-5-15-31)29-43-45(39)37-21-9-11-24-41(37)53-43/h2-29H,1H3/b27-26-,30-2+. The third-order valence-corrected chi connectivity index (χ3v) is 9.94. The van der Waals surface area contributed by atoms with Crippen LogP contribution in [0.15, 0.2) is 173 Å². The summed E-state index contributed by atoms with van der Waals surface area (Å²) in [4.78, 5) is 15.8. The van der Waals surface area contributed by atoms with Crippen molar-refractivity contribution < 1.29 is 8.83 Å². The molecule has 0 fully saturated rings. The van der Waals surface area contributed by atoms with E-state index in [4.69, 9.17) is 23.8 Å². The molecule has 0 atom stereocenters. The fourth-order valence-electron chi connectivity index (χ4n) is 7.41. The third kappa shape index (κ3) is 5.29. The van der Waals surface area contributed by atoms with E-state index in [0.29, 0.717) is 17.5 Å². The summed E-state index contributed by atoms with van der Waals surface area (Å²) in [7, 11) is 0. The van der Waals surface area contributed by atoms with Crippen molar-refractivity contribution in [1.82, 2.24) is 15.0 Å². The minimum absolute atomic E-state index is 0.557. The van der Waals surface area contributed by atoms with E-state index in [1.807, 2.05) is 73.7 Å². The fraction of sp³-hybridized carbons (Fsp3) is 0.0208. The number of allylic oxidation sites excluding steroid dienone is 3. The number of fused-ring (bicyclic) bond motifs is 7. The molecule has 10 aromatic rings. The number of nitrogens with zero attached hydrogens (tertiary/aromatic N) is 3. The zero-order valence-corrected chi connectivity index (χ0v) is 28.8. The van der Waals surface area contributed by atoms with Crippen molar-refractivity contribution in [3.05, 3.63) is 175 Å². The van der Waals surface area contributed by atoms with E-state index in [0.717, 1.165) is 77.3 Å². The van der Waals surface area contributed by atoms with E-state index in [2.05, 4.69) is 103 Å². The average molecular weight is 682 g/mol. The monoisotopic (exact) mass is 681 g/mol. The average Bonchev–Trinajstić information content (AvgIpc) is 3.79. The summed E-state index contributed by atoms with van der Waals surface area (Å²) >= 11 is 0. The minimum atomic E-state index is 0.557. The Morgan fingerprint density at radius 3 is 1.87 bits per heavy atom. The number of para-hydroxylation sites is 2. The van der Waals surface area contributed by atoms with Crippen molar-refractivity contribution >= 4 is 66.3 Å². The molecule has 0 saturated carbocycles. The van der Waals surface area contributed by atoms with Crippen molar-refractivity contribution in [3.63, 3.8) is 0 Å². The van der Waals surface area contributed by atoms with Crippen LogP contribution >= 0.6 is 0 Å². The lowest BCUT2D eigenvalue weighted by atomic mass is 9.98. The second kappa shape index (κ2) is 12.6. The SMILES string of the molecule is C/C=C(\C=C/c1cccc2ccccc12)c1nc(-c2cccc3oc4ccccc4c23)nc(-c2cc(-c3ccccc3)cc3oc4ccccc4c23)n1. The lowest BCUT2D eigenvalue weighted by Gasteiger charge is -2.12. The molecule has 250 valence electrons. The second-order valence-electron chi connectivity index (χ2n) is 13.1. The Bertz CT molecular complexity index is 3070. The number of benzene rings is 7. The van der Waals surface area contributed by atoms with Crippen LogP contribution in [-0.4, -0.2) is 15.0 Å². The Balaban J connectivity index is 1.24. The van der Waals surface area contributed by atoms with E-state index in [1.165, 1.54) is 10.8 Å². The topological polar surface area (TPSA) is 65.0 Å². The predicted octanol–water partition coefficient (Wildman–Crippen LogP) is 12.9. The molecule has 3 heterocycles. The minimum Gasteiger partial charge on any atom is -0.456 e. The first-order chi connectivity index (χ1) is 26.2.